The van der Waals surface area contributed by atoms with Gasteiger partial charge in [0, 0.05) is 18.0 Å². The molecule has 20 heavy (non-hydrogen) atoms. The maximum absolute atomic E-state index is 12.5. The number of nitrogens with zero attached hydrogens (tertiary/aromatic N) is 1. The van der Waals surface area contributed by atoms with Crippen molar-refractivity contribution >= 4 is 11.9 Å². The summed E-state index contributed by atoms with van der Waals surface area (Å²) in [5, 5.41) is 3.35. The van der Waals surface area contributed by atoms with E-state index in [0.717, 1.165) is 25.7 Å². The summed E-state index contributed by atoms with van der Waals surface area (Å²) in [6.07, 6.45) is 6.07. The molecule has 0 spiro atoms. The van der Waals surface area contributed by atoms with Gasteiger partial charge in [-0.05, 0) is 33.7 Å². The molecule has 1 fully saturated rings. The second kappa shape index (κ2) is 7.62. The van der Waals surface area contributed by atoms with E-state index in [1.54, 1.807) is 4.90 Å². The van der Waals surface area contributed by atoms with Crippen LogP contribution in [-0.4, -0.2) is 49.1 Å². The van der Waals surface area contributed by atoms with Crippen LogP contribution in [0.25, 0.3) is 0 Å². The molecule has 0 aromatic carbocycles. The Bertz CT molecular complexity index is 336. The molecule has 0 saturated heterocycles. The van der Waals surface area contributed by atoms with E-state index in [4.69, 9.17) is 0 Å². The molecular weight excluding hydrogens is 256 g/mol. The topological polar surface area (TPSA) is 58.6 Å². The molecule has 1 aliphatic carbocycles. The van der Waals surface area contributed by atoms with Crippen molar-refractivity contribution in [2.24, 2.45) is 0 Å². The average molecular weight is 284 g/mol. The maximum atomic E-state index is 12.5. The van der Waals surface area contributed by atoms with Gasteiger partial charge in [0.25, 0.3) is 0 Å². The predicted octanol–water partition coefficient (Wildman–Crippen LogP) is 1.71. The van der Waals surface area contributed by atoms with E-state index in [0.29, 0.717) is 6.42 Å². The van der Waals surface area contributed by atoms with Crippen molar-refractivity contribution in [3.8, 4) is 0 Å². The molecule has 0 aliphatic heterocycles. The van der Waals surface area contributed by atoms with Crippen LogP contribution in [0.4, 0.5) is 0 Å². The fourth-order valence-corrected chi connectivity index (χ4v) is 2.90. The summed E-state index contributed by atoms with van der Waals surface area (Å²) in [5.41, 5.74) is -0.0986. The van der Waals surface area contributed by atoms with Crippen LogP contribution in [0.1, 0.15) is 52.4 Å². The first-order chi connectivity index (χ1) is 9.44. The van der Waals surface area contributed by atoms with Gasteiger partial charge in [-0.2, -0.15) is 0 Å². The minimum Gasteiger partial charge on any atom is -0.468 e. The monoisotopic (exact) mass is 284 g/mol. The zero-order valence-corrected chi connectivity index (χ0v) is 13.2. The number of carbonyl (C=O) groups is 2. The lowest BCUT2D eigenvalue weighted by Crippen LogP contribution is -2.51. The summed E-state index contributed by atoms with van der Waals surface area (Å²) in [6.45, 7) is 3.88. The van der Waals surface area contributed by atoms with Gasteiger partial charge in [0.05, 0.1) is 7.11 Å². The lowest BCUT2D eigenvalue weighted by atomic mass is 9.79. The first kappa shape index (κ1) is 17.0. The average Bonchev–Trinajstić information content (AvgIpc) is 2.44. The molecule has 1 aliphatic rings. The fourth-order valence-electron chi connectivity index (χ4n) is 2.90. The van der Waals surface area contributed by atoms with E-state index in [1.165, 1.54) is 13.5 Å². The maximum Gasteiger partial charge on any atom is 0.325 e. The normalized spacial score (nSPS) is 17.9. The van der Waals surface area contributed by atoms with Crippen LogP contribution in [0.3, 0.4) is 0 Å². The molecule has 1 N–H and O–H groups in total. The first-order valence-corrected chi connectivity index (χ1v) is 7.49. The number of methoxy groups -OCH3 is 1. The van der Waals surface area contributed by atoms with Gasteiger partial charge in [0.1, 0.15) is 6.54 Å². The number of ether oxygens (including phenoxy) is 1. The van der Waals surface area contributed by atoms with Gasteiger partial charge < -0.3 is 15.0 Å². The second-order valence-electron chi connectivity index (χ2n) is 5.96. The lowest BCUT2D eigenvalue weighted by Gasteiger charge is -2.38. The highest BCUT2D eigenvalue weighted by atomic mass is 16.5. The highest BCUT2D eigenvalue weighted by molar-refractivity contribution is 5.83. The zero-order chi connectivity index (χ0) is 15.2. The standard InChI is InChI=1S/C15H28N2O3/c1-12(2)17(11-14(19)20-4)13(18)10-15(16-3)8-6-5-7-9-15/h12,16H,5-11H2,1-4H3. The Labute approximate surface area is 122 Å². The SMILES string of the molecule is CNC1(CC(=O)N(CC(=O)OC)C(C)C)CCCCC1. The van der Waals surface area contributed by atoms with E-state index >= 15 is 0 Å². The number of esters is 1. The minimum atomic E-state index is -0.366. The molecule has 1 saturated carbocycles. The Hall–Kier alpha value is -1.10. The first-order valence-electron chi connectivity index (χ1n) is 7.49. The number of hydrogen-bond donors (Lipinski definition) is 1. The number of hydrogen-bond acceptors (Lipinski definition) is 4. The van der Waals surface area contributed by atoms with Gasteiger partial charge in [-0.1, -0.05) is 19.3 Å². The molecule has 0 bridgehead atoms. The summed E-state index contributed by atoms with van der Waals surface area (Å²) in [4.78, 5) is 25.6. The van der Waals surface area contributed by atoms with Crippen LogP contribution in [0.2, 0.25) is 0 Å². The highest BCUT2D eigenvalue weighted by Gasteiger charge is 2.35. The smallest absolute Gasteiger partial charge is 0.325 e. The van der Waals surface area contributed by atoms with Crippen molar-refractivity contribution in [1.82, 2.24) is 10.2 Å². The lowest BCUT2D eigenvalue weighted by molar-refractivity contribution is -0.149. The van der Waals surface area contributed by atoms with Crippen LogP contribution >= 0.6 is 0 Å². The number of nitrogens with one attached hydrogen (secondary N) is 1. The van der Waals surface area contributed by atoms with Crippen LogP contribution in [-0.2, 0) is 14.3 Å². The van der Waals surface area contributed by atoms with Gasteiger partial charge in [-0.3, -0.25) is 9.59 Å². The Kier molecular flexibility index (Phi) is 6.46. The van der Waals surface area contributed by atoms with Crippen molar-refractivity contribution in [1.29, 1.82) is 0 Å². The van der Waals surface area contributed by atoms with Crippen molar-refractivity contribution in [3.63, 3.8) is 0 Å². The van der Waals surface area contributed by atoms with E-state index in [-0.39, 0.29) is 30.0 Å². The van der Waals surface area contributed by atoms with E-state index in [9.17, 15) is 9.59 Å². The highest BCUT2D eigenvalue weighted by Crippen LogP contribution is 2.31. The molecule has 5 heteroatoms. The number of rotatable bonds is 6. The molecular formula is C15H28N2O3. The third-order valence-electron chi connectivity index (χ3n) is 4.30. The summed E-state index contributed by atoms with van der Waals surface area (Å²) < 4.78 is 4.67. The zero-order valence-electron chi connectivity index (χ0n) is 13.2. The Morgan fingerprint density at radius 3 is 2.30 bits per heavy atom. The molecule has 5 nitrogen and oxygen atoms in total. The van der Waals surface area contributed by atoms with Crippen molar-refractivity contribution in [2.45, 2.75) is 64.0 Å². The van der Waals surface area contributed by atoms with Crippen LogP contribution < -0.4 is 5.32 Å². The molecule has 0 heterocycles. The van der Waals surface area contributed by atoms with Crippen molar-refractivity contribution in [2.75, 3.05) is 20.7 Å². The molecule has 1 rings (SSSR count). The molecule has 0 atom stereocenters. The fraction of sp³-hybridized carbons (Fsp3) is 0.867. The molecule has 0 radical (unpaired) electrons. The van der Waals surface area contributed by atoms with Gasteiger partial charge in [0.2, 0.25) is 5.91 Å². The Morgan fingerprint density at radius 2 is 1.85 bits per heavy atom. The molecule has 0 aromatic rings. The summed E-state index contributed by atoms with van der Waals surface area (Å²) in [5.74, 6) is -0.337. The van der Waals surface area contributed by atoms with E-state index < -0.39 is 0 Å². The van der Waals surface area contributed by atoms with Crippen molar-refractivity contribution in [3.05, 3.63) is 0 Å². The molecule has 0 aromatic heterocycles. The van der Waals surface area contributed by atoms with Crippen LogP contribution in [0.15, 0.2) is 0 Å². The van der Waals surface area contributed by atoms with Crippen LogP contribution in [0, 0.1) is 0 Å². The van der Waals surface area contributed by atoms with Gasteiger partial charge in [-0.15, -0.1) is 0 Å². The molecule has 0 unspecified atom stereocenters. The van der Waals surface area contributed by atoms with E-state index in [2.05, 4.69) is 10.1 Å². The number of amides is 1. The number of carbonyl (C=O) groups excluding carboxylic acids is 2. The summed E-state index contributed by atoms with van der Waals surface area (Å²) >= 11 is 0. The van der Waals surface area contributed by atoms with Crippen LogP contribution in [0.5, 0.6) is 0 Å². The second-order valence-corrected chi connectivity index (χ2v) is 5.96. The third-order valence-corrected chi connectivity index (χ3v) is 4.30. The Balaban J connectivity index is 2.71. The summed E-state index contributed by atoms with van der Waals surface area (Å²) in [7, 11) is 3.28. The molecule has 1 amide bonds. The van der Waals surface area contributed by atoms with Gasteiger partial charge in [-0.25, -0.2) is 0 Å². The van der Waals surface area contributed by atoms with Gasteiger partial charge >= 0.3 is 5.97 Å². The van der Waals surface area contributed by atoms with E-state index in [1.807, 2.05) is 20.9 Å². The van der Waals surface area contributed by atoms with Crippen molar-refractivity contribution < 1.29 is 14.3 Å². The Morgan fingerprint density at radius 1 is 1.25 bits per heavy atom. The predicted molar refractivity (Wildman–Crippen MR) is 78.4 cm³/mol. The quantitative estimate of drug-likeness (QED) is 0.754. The van der Waals surface area contributed by atoms with Gasteiger partial charge in [0.15, 0.2) is 0 Å². The largest absolute Gasteiger partial charge is 0.468 e. The summed E-state index contributed by atoms with van der Waals surface area (Å²) in [6, 6.07) is -0.000836. The minimum absolute atomic E-state index is 0.000836. The third kappa shape index (κ3) is 4.47. The molecule has 116 valence electrons.